The number of aryl methyl sites for hydroxylation is 1. The molecule has 1 aromatic heterocycles. The van der Waals surface area contributed by atoms with Gasteiger partial charge in [0.05, 0.1) is 10.2 Å². The maximum Gasteiger partial charge on any atom is 0.177 e. The van der Waals surface area contributed by atoms with Crippen molar-refractivity contribution in [2.75, 3.05) is 0 Å². The third-order valence-electron chi connectivity index (χ3n) is 3.12. The van der Waals surface area contributed by atoms with Gasteiger partial charge in [-0.3, -0.25) is 4.68 Å². The van der Waals surface area contributed by atoms with Gasteiger partial charge >= 0.3 is 0 Å². The Hall–Kier alpha value is -1.60. The van der Waals surface area contributed by atoms with E-state index in [4.69, 9.17) is 5.26 Å². The molecule has 0 amide bonds. The summed E-state index contributed by atoms with van der Waals surface area (Å²) in [5.74, 6) is 0. The third-order valence-corrected chi connectivity index (χ3v) is 3.87. The van der Waals surface area contributed by atoms with E-state index >= 15 is 0 Å². The highest BCUT2D eigenvalue weighted by atomic mass is 79.9. The van der Waals surface area contributed by atoms with Gasteiger partial charge in [0.25, 0.3) is 0 Å². The van der Waals surface area contributed by atoms with Crippen molar-refractivity contribution in [2.24, 2.45) is 7.05 Å². The van der Waals surface area contributed by atoms with Crippen LogP contribution < -0.4 is 0 Å². The van der Waals surface area contributed by atoms with E-state index in [0.717, 1.165) is 15.7 Å². The molecule has 98 valence electrons. The summed E-state index contributed by atoms with van der Waals surface area (Å²) in [7, 11) is 1.85. The van der Waals surface area contributed by atoms with Crippen molar-refractivity contribution in [3.8, 4) is 17.3 Å². The SMILES string of the molecule is Cn1nc(C#N)c(Br)c1-c1ccc(C(C)(C)C)cc1. The van der Waals surface area contributed by atoms with E-state index in [-0.39, 0.29) is 5.41 Å². The molecule has 3 nitrogen and oxygen atoms in total. The fourth-order valence-electron chi connectivity index (χ4n) is 2.01. The molecule has 0 radical (unpaired) electrons. The molecule has 0 aliphatic heterocycles. The minimum atomic E-state index is 0.139. The molecule has 0 saturated heterocycles. The molecular formula is C15H16BrN3. The van der Waals surface area contributed by atoms with E-state index in [1.54, 1.807) is 4.68 Å². The molecule has 0 N–H and O–H groups in total. The van der Waals surface area contributed by atoms with Crippen LogP contribution in [0.2, 0.25) is 0 Å². The summed E-state index contributed by atoms with van der Waals surface area (Å²) in [5.41, 5.74) is 3.82. The van der Waals surface area contributed by atoms with Gasteiger partial charge in [-0.2, -0.15) is 10.4 Å². The molecule has 0 atom stereocenters. The Balaban J connectivity index is 2.50. The van der Waals surface area contributed by atoms with Gasteiger partial charge in [0, 0.05) is 12.6 Å². The maximum atomic E-state index is 9.00. The Morgan fingerprint density at radius 3 is 2.21 bits per heavy atom. The lowest BCUT2D eigenvalue weighted by Crippen LogP contribution is -2.10. The third kappa shape index (κ3) is 2.57. The Morgan fingerprint density at radius 1 is 1.21 bits per heavy atom. The van der Waals surface area contributed by atoms with Crippen molar-refractivity contribution in [2.45, 2.75) is 26.2 Å². The highest BCUT2D eigenvalue weighted by Crippen LogP contribution is 2.32. The Bertz CT molecular complexity index is 640. The van der Waals surface area contributed by atoms with Crippen molar-refractivity contribution in [1.82, 2.24) is 9.78 Å². The first kappa shape index (κ1) is 13.8. The monoisotopic (exact) mass is 317 g/mol. The highest BCUT2D eigenvalue weighted by Gasteiger charge is 2.17. The highest BCUT2D eigenvalue weighted by molar-refractivity contribution is 9.10. The van der Waals surface area contributed by atoms with Crippen molar-refractivity contribution >= 4 is 15.9 Å². The van der Waals surface area contributed by atoms with Gasteiger partial charge in [-0.05, 0) is 26.9 Å². The van der Waals surface area contributed by atoms with Crippen LogP contribution in [0.4, 0.5) is 0 Å². The number of benzene rings is 1. The summed E-state index contributed by atoms with van der Waals surface area (Å²) >= 11 is 3.45. The van der Waals surface area contributed by atoms with Gasteiger partial charge in [0.15, 0.2) is 5.69 Å². The zero-order valence-electron chi connectivity index (χ0n) is 11.5. The van der Waals surface area contributed by atoms with Crippen LogP contribution in [0.25, 0.3) is 11.3 Å². The number of hydrogen-bond acceptors (Lipinski definition) is 2. The first-order chi connectivity index (χ1) is 8.84. The van der Waals surface area contributed by atoms with Gasteiger partial charge < -0.3 is 0 Å². The second-order valence-electron chi connectivity index (χ2n) is 5.57. The van der Waals surface area contributed by atoms with Crippen LogP contribution >= 0.6 is 15.9 Å². The number of halogens is 1. The van der Waals surface area contributed by atoms with E-state index in [0.29, 0.717) is 5.69 Å². The number of hydrogen-bond donors (Lipinski definition) is 0. The van der Waals surface area contributed by atoms with Crippen LogP contribution in [0.5, 0.6) is 0 Å². The Morgan fingerprint density at radius 2 is 1.79 bits per heavy atom. The molecule has 0 aliphatic rings. The molecule has 19 heavy (non-hydrogen) atoms. The average molecular weight is 318 g/mol. The average Bonchev–Trinajstić information content (AvgIpc) is 2.63. The summed E-state index contributed by atoms with van der Waals surface area (Å²) < 4.78 is 2.48. The van der Waals surface area contributed by atoms with Crippen LogP contribution in [0.15, 0.2) is 28.7 Å². The van der Waals surface area contributed by atoms with E-state index in [2.05, 4.69) is 72.1 Å². The van der Waals surface area contributed by atoms with Crippen LogP contribution in [0, 0.1) is 11.3 Å². The van der Waals surface area contributed by atoms with Gasteiger partial charge in [-0.25, -0.2) is 0 Å². The largest absolute Gasteiger partial charge is 0.265 e. The molecule has 2 rings (SSSR count). The number of aromatic nitrogens is 2. The first-order valence-electron chi connectivity index (χ1n) is 6.08. The molecule has 1 heterocycles. The predicted octanol–water partition coefficient (Wildman–Crippen LogP) is 4.02. The van der Waals surface area contributed by atoms with Gasteiger partial charge in [0.2, 0.25) is 0 Å². The quantitative estimate of drug-likeness (QED) is 0.797. The molecule has 4 heteroatoms. The lowest BCUT2D eigenvalue weighted by atomic mass is 9.86. The molecular weight excluding hydrogens is 302 g/mol. The van der Waals surface area contributed by atoms with Crippen molar-refractivity contribution in [1.29, 1.82) is 5.26 Å². The second-order valence-corrected chi connectivity index (χ2v) is 6.37. The molecule has 0 spiro atoms. The summed E-state index contributed by atoms with van der Waals surface area (Å²) in [6, 6.07) is 10.5. The predicted molar refractivity (Wildman–Crippen MR) is 79.8 cm³/mol. The fraction of sp³-hybridized carbons (Fsp3) is 0.333. The number of rotatable bonds is 1. The lowest BCUT2D eigenvalue weighted by Gasteiger charge is -2.19. The normalized spacial score (nSPS) is 11.4. The molecule has 1 aromatic carbocycles. The summed E-state index contributed by atoms with van der Waals surface area (Å²) in [4.78, 5) is 0. The molecule has 0 aliphatic carbocycles. The zero-order valence-corrected chi connectivity index (χ0v) is 13.1. The Kier molecular flexibility index (Phi) is 3.51. The molecule has 0 fully saturated rings. The topological polar surface area (TPSA) is 41.6 Å². The summed E-state index contributed by atoms with van der Waals surface area (Å²) in [6.45, 7) is 6.57. The Labute approximate surface area is 122 Å². The minimum absolute atomic E-state index is 0.139. The molecule has 0 unspecified atom stereocenters. The van der Waals surface area contributed by atoms with Gasteiger partial charge in [-0.1, -0.05) is 45.0 Å². The second kappa shape index (κ2) is 4.82. The van der Waals surface area contributed by atoms with E-state index < -0.39 is 0 Å². The molecule has 0 bridgehead atoms. The first-order valence-corrected chi connectivity index (χ1v) is 6.87. The molecule has 2 aromatic rings. The fourth-order valence-corrected chi connectivity index (χ4v) is 2.66. The number of nitrogens with zero attached hydrogens (tertiary/aromatic N) is 3. The zero-order chi connectivity index (χ0) is 14.2. The van der Waals surface area contributed by atoms with Crippen LogP contribution in [-0.4, -0.2) is 9.78 Å². The van der Waals surface area contributed by atoms with E-state index in [1.807, 2.05) is 7.05 Å². The van der Waals surface area contributed by atoms with E-state index in [9.17, 15) is 0 Å². The number of nitriles is 1. The summed E-state index contributed by atoms with van der Waals surface area (Å²) in [5, 5.41) is 13.2. The van der Waals surface area contributed by atoms with Crippen LogP contribution in [-0.2, 0) is 12.5 Å². The smallest absolute Gasteiger partial charge is 0.177 e. The summed E-state index contributed by atoms with van der Waals surface area (Å²) in [6.07, 6.45) is 0. The van der Waals surface area contributed by atoms with Gasteiger partial charge in [0.1, 0.15) is 6.07 Å². The minimum Gasteiger partial charge on any atom is -0.265 e. The maximum absolute atomic E-state index is 9.00. The van der Waals surface area contributed by atoms with Crippen LogP contribution in [0.1, 0.15) is 32.0 Å². The van der Waals surface area contributed by atoms with Gasteiger partial charge in [-0.15, -0.1) is 0 Å². The lowest BCUT2D eigenvalue weighted by molar-refractivity contribution is 0.590. The van der Waals surface area contributed by atoms with Crippen molar-refractivity contribution in [3.05, 3.63) is 40.0 Å². The standard InChI is InChI=1S/C15H16BrN3/c1-15(2,3)11-7-5-10(6-8-11)14-13(16)12(9-17)18-19(14)4/h5-8H,1-4H3. The molecule has 0 saturated carbocycles. The van der Waals surface area contributed by atoms with E-state index in [1.165, 1.54) is 5.56 Å². The van der Waals surface area contributed by atoms with Crippen molar-refractivity contribution < 1.29 is 0 Å². The van der Waals surface area contributed by atoms with Crippen molar-refractivity contribution in [3.63, 3.8) is 0 Å². The van der Waals surface area contributed by atoms with Crippen LogP contribution in [0.3, 0.4) is 0 Å².